The largest absolute Gasteiger partial charge is 0.322 e. The number of fused-ring (bicyclic) bond motifs is 3. The molecule has 0 saturated heterocycles. The maximum atomic E-state index is 12.7. The number of aromatic amines is 1. The highest BCUT2D eigenvalue weighted by atomic mass is 32.2. The summed E-state index contributed by atoms with van der Waals surface area (Å²) >= 11 is 0. The SMILES string of the molecule is CCN(CC)S(=O)(=O)c1ccc(C(=O)Nc2ccc3c4c(c(=O)[nH]c3c2)CCC4)cc1. The van der Waals surface area contributed by atoms with Gasteiger partial charge in [-0.25, -0.2) is 8.42 Å². The third-order valence-electron chi connectivity index (χ3n) is 5.80. The van der Waals surface area contributed by atoms with Crippen LogP contribution in [0, 0.1) is 0 Å². The van der Waals surface area contributed by atoms with Crippen molar-refractivity contribution in [2.45, 2.75) is 38.0 Å². The topological polar surface area (TPSA) is 99.3 Å². The summed E-state index contributed by atoms with van der Waals surface area (Å²) in [6, 6.07) is 11.4. The molecule has 162 valence electrons. The molecule has 8 heteroatoms. The number of nitrogens with zero attached hydrogens (tertiary/aromatic N) is 1. The van der Waals surface area contributed by atoms with E-state index in [0.717, 1.165) is 35.8 Å². The Kier molecular flexibility index (Phi) is 5.68. The van der Waals surface area contributed by atoms with Gasteiger partial charge in [-0.15, -0.1) is 0 Å². The molecule has 1 heterocycles. The fraction of sp³-hybridized carbons (Fsp3) is 0.304. The van der Waals surface area contributed by atoms with Crippen LogP contribution >= 0.6 is 0 Å². The lowest BCUT2D eigenvalue weighted by atomic mass is 10.1. The average Bonchev–Trinajstić information content (AvgIpc) is 3.25. The first-order valence-electron chi connectivity index (χ1n) is 10.4. The number of amides is 1. The fourth-order valence-corrected chi connectivity index (χ4v) is 5.63. The Bertz CT molecular complexity index is 1310. The van der Waals surface area contributed by atoms with Crippen LogP contribution in [0.25, 0.3) is 10.9 Å². The molecule has 1 aliphatic carbocycles. The molecule has 0 fully saturated rings. The smallest absolute Gasteiger partial charge is 0.255 e. The lowest BCUT2D eigenvalue weighted by Gasteiger charge is -2.18. The molecule has 0 atom stereocenters. The number of sulfonamides is 1. The second-order valence-electron chi connectivity index (χ2n) is 7.59. The number of carbonyl (C=O) groups is 1. The molecule has 0 bridgehead atoms. The number of benzene rings is 2. The van der Waals surface area contributed by atoms with Crippen LogP contribution in [0.1, 0.15) is 41.8 Å². The van der Waals surface area contributed by atoms with Crippen molar-refractivity contribution in [3.63, 3.8) is 0 Å². The molecule has 2 aromatic carbocycles. The minimum atomic E-state index is -3.57. The number of rotatable bonds is 6. The molecular formula is C23H25N3O4S. The first kappa shape index (κ1) is 21.3. The third kappa shape index (κ3) is 3.88. The van der Waals surface area contributed by atoms with Crippen molar-refractivity contribution in [2.24, 2.45) is 0 Å². The number of hydrogen-bond donors (Lipinski definition) is 2. The maximum Gasteiger partial charge on any atom is 0.255 e. The maximum absolute atomic E-state index is 12.7. The van der Waals surface area contributed by atoms with Gasteiger partial charge >= 0.3 is 0 Å². The van der Waals surface area contributed by atoms with E-state index in [-0.39, 0.29) is 16.4 Å². The van der Waals surface area contributed by atoms with E-state index in [1.165, 1.54) is 28.6 Å². The van der Waals surface area contributed by atoms with Crippen LogP contribution < -0.4 is 10.9 Å². The molecule has 31 heavy (non-hydrogen) atoms. The molecule has 0 saturated carbocycles. The number of nitrogens with one attached hydrogen (secondary N) is 2. The molecule has 0 spiro atoms. The lowest BCUT2D eigenvalue weighted by Crippen LogP contribution is -2.30. The number of pyridine rings is 1. The number of aromatic nitrogens is 1. The number of anilines is 1. The van der Waals surface area contributed by atoms with Gasteiger partial charge in [-0.2, -0.15) is 4.31 Å². The molecule has 4 rings (SSSR count). The predicted octanol–water partition coefficient (Wildman–Crippen LogP) is 3.30. The summed E-state index contributed by atoms with van der Waals surface area (Å²) < 4.78 is 26.6. The van der Waals surface area contributed by atoms with E-state index in [1.54, 1.807) is 19.9 Å². The van der Waals surface area contributed by atoms with Gasteiger partial charge in [0.05, 0.1) is 10.4 Å². The van der Waals surface area contributed by atoms with Gasteiger partial charge in [-0.1, -0.05) is 19.9 Å². The van der Waals surface area contributed by atoms with Crippen LogP contribution in [0.2, 0.25) is 0 Å². The zero-order chi connectivity index (χ0) is 22.2. The molecule has 1 aromatic heterocycles. The van der Waals surface area contributed by atoms with Gasteiger partial charge in [-0.3, -0.25) is 9.59 Å². The van der Waals surface area contributed by atoms with Gasteiger partial charge in [-0.05, 0) is 61.2 Å². The summed E-state index contributed by atoms with van der Waals surface area (Å²) in [6.45, 7) is 4.34. The van der Waals surface area contributed by atoms with E-state index in [1.807, 2.05) is 12.1 Å². The van der Waals surface area contributed by atoms with Crippen LogP contribution in [0.3, 0.4) is 0 Å². The fourth-order valence-electron chi connectivity index (χ4n) is 4.17. The summed E-state index contributed by atoms with van der Waals surface area (Å²) in [4.78, 5) is 28.0. The Balaban J connectivity index is 1.56. The number of H-pyrrole nitrogens is 1. The van der Waals surface area contributed by atoms with Crippen molar-refractivity contribution in [1.29, 1.82) is 0 Å². The number of carbonyl (C=O) groups excluding carboxylic acids is 1. The van der Waals surface area contributed by atoms with Gasteiger partial charge in [0.25, 0.3) is 11.5 Å². The highest BCUT2D eigenvalue weighted by molar-refractivity contribution is 7.89. The Hall–Kier alpha value is -2.97. The van der Waals surface area contributed by atoms with Crippen molar-refractivity contribution >= 4 is 32.5 Å². The van der Waals surface area contributed by atoms with Crippen LogP contribution in [-0.2, 0) is 22.9 Å². The van der Waals surface area contributed by atoms with Crippen LogP contribution in [-0.4, -0.2) is 36.7 Å². The first-order valence-corrected chi connectivity index (χ1v) is 11.9. The number of aryl methyl sites for hydroxylation is 1. The molecule has 3 aromatic rings. The van der Waals surface area contributed by atoms with Gasteiger partial charge < -0.3 is 10.3 Å². The highest BCUT2D eigenvalue weighted by Crippen LogP contribution is 2.28. The Morgan fingerprint density at radius 2 is 1.71 bits per heavy atom. The highest BCUT2D eigenvalue weighted by Gasteiger charge is 2.22. The second-order valence-corrected chi connectivity index (χ2v) is 9.53. The molecule has 1 amide bonds. The Labute approximate surface area is 181 Å². The molecular weight excluding hydrogens is 414 g/mol. The number of hydrogen-bond acceptors (Lipinski definition) is 4. The van der Waals surface area contributed by atoms with E-state index in [9.17, 15) is 18.0 Å². The van der Waals surface area contributed by atoms with Crippen LogP contribution in [0.4, 0.5) is 5.69 Å². The summed E-state index contributed by atoms with van der Waals surface area (Å²) in [7, 11) is -3.57. The monoisotopic (exact) mass is 439 g/mol. The second kappa shape index (κ2) is 8.28. The first-order chi connectivity index (χ1) is 14.8. The molecule has 0 radical (unpaired) electrons. The Morgan fingerprint density at radius 1 is 1.03 bits per heavy atom. The molecule has 2 N–H and O–H groups in total. The van der Waals surface area contributed by atoms with Crippen LogP contribution in [0.15, 0.2) is 52.2 Å². The predicted molar refractivity (Wildman–Crippen MR) is 121 cm³/mol. The van der Waals surface area contributed by atoms with Gasteiger partial charge in [0.15, 0.2) is 0 Å². The zero-order valence-electron chi connectivity index (χ0n) is 17.6. The molecule has 1 aliphatic rings. The van der Waals surface area contributed by atoms with E-state index >= 15 is 0 Å². The van der Waals surface area contributed by atoms with Gasteiger partial charge in [0.1, 0.15) is 0 Å². The van der Waals surface area contributed by atoms with Gasteiger partial charge in [0, 0.05) is 35.3 Å². The van der Waals surface area contributed by atoms with E-state index in [4.69, 9.17) is 0 Å². The summed E-state index contributed by atoms with van der Waals surface area (Å²) in [5.74, 6) is -0.352. The zero-order valence-corrected chi connectivity index (χ0v) is 18.4. The van der Waals surface area contributed by atoms with Crippen molar-refractivity contribution in [1.82, 2.24) is 9.29 Å². The summed E-state index contributed by atoms with van der Waals surface area (Å²) in [5.41, 5.74) is 3.51. The lowest BCUT2D eigenvalue weighted by molar-refractivity contribution is 0.102. The van der Waals surface area contributed by atoms with E-state index in [2.05, 4.69) is 10.3 Å². The summed E-state index contributed by atoms with van der Waals surface area (Å²) in [6.07, 6.45) is 2.68. The van der Waals surface area contributed by atoms with E-state index < -0.39 is 10.0 Å². The quantitative estimate of drug-likeness (QED) is 0.616. The normalized spacial score (nSPS) is 13.5. The molecule has 0 unspecified atom stereocenters. The molecule has 7 nitrogen and oxygen atoms in total. The van der Waals surface area contributed by atoms with Crippen molar-refractivity contribution < 1.29 is 13.2 Å². The third-order valence-corrected chi connectivity index (χ3v) is 7.87. The van der Waals surface area contributed by atoms with Crippen molar-refractivity contribution in [2.75, 3.05) is 18.4 Å². The average molecular weight is 440 g/mol. The Morgan fingerprint density at radius 3 is 2.39 bits per heavy atom. The minimum absolute atomic E-state index is 0.0616. The van der Waals surface area contributed by atoms with E-state index in [0.29, 0.717) is 29.9 Å². The van der Waals surface area contributed by atoms with Gasteiger partial charge in [0.2, 0.25) is 10.0 Å². The standard InChI is InChI=1S/C23H25N3O4S/c1-3-26(4-2)31(29,30)17-11-8-15(9-12-17)22(27)24-16-10-13-19-18-6-5-7-20(18)23(28)25-21(19)14-16/h8-14H,3-7H2,1-2H3,(H,24,27)(H,25,28). The van der Waals surface area contributed by atoms with Crippen molar-refractivity contribution in [3.05, 3.63) is 69.5 Å². The summed E-state index contributed by atoms with van der Waals surface area (Å²) in [5, 5.41) is 3.83. The molecule has 0 aliphatic heterocycles. The minimum Gasteiger partial charge on any atom is -0.322 e. The van der Waals surface area contributed by atoms with Crippen molar-refractivity contribution in [3.8, 4) is 0 Å². The van der Waals surface area contributed by atoms with Crippen LogP contribution in [0.5, 0.6) is 0 Å².